The molecular formula is C5H5NO4S2. The second-order valence-corrected chi connectivity index (χ2v) is 5.85. The standard InChI is InChI=1S/C5H5NO4S2/c7-11(8)12(9,10)5-2-1-3-6-4-5/h1-4H,(H,7,8). The van der Waals surface area contributed by atoms with Gasteiger partial charge in [-0.05, 0) is 12.1 Å². The maximum atomic E-state index is 10.9. The summed E-state index contributed by atoms with van der Waals surface area (Å²) in [4.78, 5) is 3.25. The van der Waals surface area contributed by atoms with Gasteiger partial charge in [-0.3, -0.25) is 9.54 Å². The Bertz CT molecular complexity index is 385. The van der Waals surface area contributed by atoms with E-state index in [4.69, 9.17) is 4.55 Å². The molecule has 0 amide bonds. The topological polar surface area (TPSA) is 84.3 Å². The lowest BCUT2D eigenvalue weighted by Crippen LogP contribution is -2.07. The van der Waals surface area contributed by atoms with Crippen LogP contribution < -0.4 is 0 Å². The Hall–Kier alpha value is -0.790. The second kappa shape index (κ2) is 3.30. The summed E-state index contributed by atoms with van der Waals surface area (Å²) in [5.74, 6) is 0. The molecule has 0 bridgehead atoms. The fourth-order valence-electron chi connectivity index (χ4n) is 0.577. The molecule has 1 N–H and O–H groups in total. The fourth-order valence-corrected chi connectivity index (χ4v) is 1.97. The normalized spacial score (nSPS) is 14.1. The third-order valence-corrected chi connectivity index (χ3v) is 4.01. The van der Waals surface area contributed by atoms with Crippen LogP contribution in [0.1, 0.15) is 0 Å². The van der Waals surface area contributed by atoms with Crippen LogP contribution in [0.4, 0.5) is 0 Å². The van der Waals surface area contributed by atoms with Crippen molar-refractivity contribution in [2.75, 3.05) is 0 Å². The van der Waals surface area contributed by atoms with E-state index in [0.29, 0.717) is 0 Å². The van der Waals surface area contributed by atoms with Crippen LogP contribution in [0.2, 0.25) is 0 Å². The summed E-state index contributed by atoms with van der Waals surface area (Å²) in [6, 6.07) is 2.58. The molecule has 0 fully saturated rings. The number of aromatic nitrogens is 1. The summed E-state index contributed by atoms with van der Waals surface area (Å²) in [5.41, 5.74) is 0. The van der Waals surface area contributed by atoms with Gasteiger partial charge in [-0.15, -0.1) is 0 Å². The van der Waals surface area contributed by atoms with Gasteiger partial charge in [-0.1, -0.05) is 0 Å². The Morgan fingerprint density at radius 3 is 2.58 bits per heavy atom. The van der Waals surface area contributed by atoms with E-state index in [-0.39, 0.29) is 4.90 Å². The minimum atomic E-state index is -4.11. The number of hydrogen-bond donors (Lipinski definition) is 1. The Balaban J connectivity index is 3.26. The molecule has 0 aliphatic carbocycles. The van der Waals surface area contributed by atoms with E-state index in [2.05, 4.69) is 4.98 Å². The molecule has 0 aromatic carbocycles. The van der Waals surface area contributed by atoms with E-state index in [1.807, 2.05) is 0 Å². The number of hydrogen-bond acceptors (Lipinski definition) is 4. The Morgan fingerprint density at radius 2 is 2.17 bits per heavy atom. The zero-order chi connectivity index (χ0) is 9.19. The van der Waals surface area contributed by atoms with Crippen LogP contribution >= 0.6 is 0 Å². The second-order valence-electron chi connectivity index (χ2n) is 1.86. The van der Waals surface area contributed by atoms with Crippen molar-refractivity contribution >= 4 is 19.0 Å². The van der Waals surface area contributed by atoms with Gasteiger partial charge in [0, 0.05) is 12.4 Å². The summed E-state index contributed by atoms with van der Waals surface area (Å²) < 4.78 is 40.6. The highest BCUT2D eigenvalue weighted by Gasteiger charge is 2.20. The van der Waals surface area contributed by atoms with E-state index in [1.54, 1.807) is 0 Å². The fraction of sp³-hybridized carbons (Fsp3) is 0. The number of pyridine rings is 1. The van der Waals surface area contributed by atoms with Crippen molar-refractivity contribution < 1.29 is 17.2 Å². The van der Waals surface area contributed by atoms with Crippen LogP contribution in [0, 0.1) is 0 Å². The highest BCUT2D eigenvalue weighted by atomic mass is 33.2. The Kier molecular flexibility index (Phi) is 2.55. The van der Waals surface area contributed by atoms with Crippen molar-refractivity contribution in [2.24, 2.45) is 0 Å². The van der Waals surface area contributed by atoms with Crippen LogP contribution in [-0.2, 0) is 19.0 Å². The van der Waals surface area contributed by atoms with Crippen LogP contribution in [0.3, 0.4) is 0 Å². The molecule has 0 aliphatic heterocycles. The molecule has 66 valence electrons. The number of rotatable bonds is 2. The van der Waals surface area contributed by atoms with Crippen molar-refractivity contribution in [3.8, 4) is 0 Å². The molecular weight excluding hydrogens is 202 g/mol. The molecule has 0 saturated carbocycles. The smallest absolute Gasteiger partial charge is 0.284 e. The molecule has 0 radical (unpaired) electrons. The molecule has 0 aliphatic rings. The van der Waals surface area contributed by atoms with Gasteiger partial charge in [0.2, 0.25) is 0 Å². The first-order valence-electron chi connectivity index (χ1n) is 2.81. The van der Waals surface area contributed by atoms with Gasteiger partial charge in [0.15, 0.2) is 0 Å². The summed E-state index contributed by atoms with van der Waals surface area (Å²) in [6.07, 6.45) is 2.39. The van der Waals surface area contributed by atoms with E-state index >= 15 is 0 Å². The van der Waals surface area contributed by atoms with Crippen molar-refractivity contribution in [3.05, 3.63) is 24.5 Å². The van der Waals surface area contributed by atoms with Gasteiger partial charge >= 0.3 is 0 Å². The van der Waals surface area contributed by atoms with E-state index < -0.39 is 19.0 Å². The monoisotopic (exact) mass is 207 g/mol. The zero-order valence-electron chi connectivity index (χ0n) is 5.75. The van der Waals surface area contributed by atoms with Gasteiger partial charge < -0.3 is 0 Å². The van der Waals surface area contributed by atoms with Crippen LogP contribution in [-0.4, -0.2) is 22.2 Å². The molecule has 1 unspecified atom stereocenters. The first-order chi connectivity index (χ1) is 5.55. The molecule has 5 nitrogen and oxygen atoms in total. The van der Waals surface area contributed by atoms with Crippen molar-refractivity contribution in [1.82, 2.24) is 4.98 Å². The summed E-state index contributed by atoms with van der Waals surface area (Å²) >= 11 is 0. The predicted octanol–water partition coefficient (Wildman–Crippen LogP) is -0.00800. The third kappa shape index (κ3) is 1.68. The van der Waals surface area contributed by atoms with Crippen molar-refractivity contribution in [2.45, 2.75) is 4.90 Å². The van der Waals surface area contributed by atoms with Crippen LogP contribution in [0.15, 0.2) is 29.4 Å². The maximum absolute atomic E-state index is 10.9. The van der Waals surface area contributed by atoms with E-state index in [9.17, 15) is 12.6 Å². The largest absolute Gasteiger partial charge is 0.294 e. The lowest BCUT2D eigenvalue weighted by atomic mass is 10.5. The average Bonchev–Trinajstić information content (AvgIpc) is 2.06. The third-order valence-electron chi connectivity index (χ3n) is 1.11. The van der Waals surface area contributed by atoms with Gasteiger partial charge in [-0.2, -0.15) is 0 Å². The minimum Gasteiger partial charge on any atom is -0.294 e. The van der Waals surface area contributed by atoms with Crippen molar-refractivity contribution in [1.29, 1.82) is 0 Å². The quantitative estimate of drug-likeness (QED) is 0.544. The van der Waals surface area contributed by atoms with Crippen LogP contribution in [0.25, 0.3) is 0 Å². The average molecular weight is 207 g/mol. The lowest BCUT2D eigenvalue weighted by Gasteiger charge is -1.95. The molecule has 1 aromatic heterocycles. The molecule has 1 heterocycles. The first kappa shape index (κ1) is 9.30. The number of nitrogens with zero attached hydrogens (tertiary/aromatic N) is 1. The van der Waals surface area contributed by atoms with E-state index in [1.165, 1.54) is 18.3 Å². The zero-order valence-corrected chi connectivity index (χ0v) is 7.38. The molecule has 7 heteroatoms. The highest BCUT2D eigenvalue weighted by molar-refractivity contribution is 8.62. The molecule has 0 saturated heterocycles. The molecule has 1 atom stereocenters. The first-order valence-corrected chi connectivity index (χ1v) is 5.92. The summed E-state index contributed by atoms with van der Waals surface area (Å²) in [6.45, 7) is 0. The molecule has 1 rings (SSSR count). The molecule has 12 heavy (non-hydrogen) atoms. The molecule has 1 aromatic rings. The highest BCUT2D eigenvalue weighted by Crippen LogP contribution is 2.10. The molecule has 0 spiro atoms. The Labute approximate surface area is 71.1 Å². The predicted molar refractivity (Wildman–Crippen MR) is 42.2 cm³/mol. The van der Waals surface area contributed by atoms with Crippen molar-refractivity contribution in [3.63, 3.8) is 0 Å². The van der Waals surface area contributed by atoms with Gasteiger partial charge in [0.05, 0.1) is 0 Å². The van der Waals surface area contributed by atoms with Gasteiger partial charge in [-0.25, -0.2) is 12.6 Å². The van der Waals surface area contributed by atoms with E-state index in [0.717, 1.165) is 6.20 Å². The van der Waals surface area contributed by atoms with Gasteiger partial charge in [0.25, 0.3) is 19.0 Å². The SMILES string of the molecule is O=S(O)S(=O)(=O)c1cccnc1. The Morgan fingerprint density at radius 1 is 1.50 bits per heavy atom. The minimum absolute atomic E-state index is 0.258. The summed E-state index contributed by atoms with van der Waals surface area (Å²) in [7, 11) is -7.01. The maximum Gasteiger partial charge on any atom is 0.284 e. The summed E-state index contributed by atoms with van der Waals surface area (Å²) in [5, 5.41) is 0. The lowest BCUT2D eigenvalue weighted by molar-refractivity contribution is 0.562. The van der Waals surface area contributed by atoms with Gasteiger partial charge in [0.1, 0.15) is 4.90 Å². The van der Waals surface area contributed by atoms with Crippen LogP contribution in [0.5, 0.6) is 0 Å².